The lowest BCUT2D eigenvalue weighted by Gasteiger charge is -2.33. The average molecular weight is 275 g/mol. The van der Waals surface area contributed by atoms with Crippen LogP contribution in [0, 0.1) is 5.41 Å². The molecule has 4 rings (SSSR count). The van der Waals surface area contributed by atoms with E-state index in [2.05, 4.69) is 16.9 Å². The molecule has 3 unspecified atom stereocenters. The maximum Gasteiger partial charge on any atom is 0.0652 e. The maximum absolute atomic E-state index is 6.12. The van der Waals surface area contributed by atoms with E-state index in [1.807, 2.05) is 0 Å². The zero-order chi connectivity index (χ0) is 13.6. The van der Waals surface area contributed by atoms with E-state index in [0.717, 1.165) is 19.4 Å². The molecule has 0 radical (unpaired) electrons. The number of fused-ring (bicyclic) bond motifs is 2. The fourth-order valence-corrected chi connectivity index (χ4v) is 4.57. The zero-order valence-corrected chi connectivity index (χ0v) is 12.1. The van der Waals surface area contributed by atoms with E-state index >= 15 is 0 Å². The van der Waals surface area contributed by atoms with Crippen molar-refractivity contribution in [3.63, 3.8) is 0 Å². The molecule has 0 aromatic carbocycles. The monoisotopic (exact) mass is 275 g/mol. The quantitative estimate of drug-likeness (QED) is 0.918. The molecule has 1 aliphatic carbocycles. The van der Waals surface area contributed by atoms with Crippen LogP contribution >= 0.6 is 0 Å². The highest BCUT2D eigenvalue weighted by molar-refractivity contribution is 5.10. The van der Waals surface area contributed by atoms with Gasteiger partial charge in [0.25, 0.3) is 0 Å². The number of ether oxygens (including phenoxy) is 1. The summed E-state index contributed by atoms with van der Waals surface area (Å²) in [6.45, 7) is 0.727. The molecule has 4 nitrogen and oxygen atoms in total. The predicted molar refractivity (Wildman–Crippen MR) is 77.4 cm³/mol. The van der Waals surface area contributed by atoms with E-state index in [9.17, 15) is 0 Å². The van der Waals surface area contributed by atoms with Crippen LogP contribution in [-0.4, -0.2) is 28.5 Å². The van der Waals surface area contributed by atoms with E-state index in [0.29, 0.717) is 18.2 Å². The smallest absolute Gasteiger partial charge is 0.0652 e. The molecular formula is C16H25N3O. The van der Waals surface area contributed by atoms with Crippen LogP contribution < -0.4 is 5.73 Å². The minimum atomic E-state index is 0.151. The van der Waals surface area contributed by atoms with Crippen LogP contribution in [0.1, 0.15) is 56.7 Å². The Morgan fingerprint density at radius 2 is 2.15 bits per heavy atom. The predicted octanol–water partition coefficient (Wildman–Crippen LogP) is 2.44. The van der Waals surface area contributed by atoms with Crippen molar-refractivity contribution in [1.29, 1.82) is 0 Å². The number of hydrogen-bond donors (Lipinski definition) is 1. The minimum absolute atomic E-state index is 0.151. The third-order valence-electron chi connectivity index (χ3n) is 5.73. The van der Waals surface area contributed by atoms with Gasteiger partial charge in [-0.05, 0) is 38.2 Å². The molecule has 2 bridgehead atoms. The van der Waals surface area contributed by atoms with Crippen molar-refractivity contribution < 1.29 is 4.74 Å². The summed E-state index contributed by atoms with van der Waals surface area (Å²) in [7, 11) is 0. The van der Waals surface area contributed by atoms with E-state index < -0.39 is 0 Å². The number of aromatic nitrogens is 2. The van der Waals surface area contributed by atoms with Gasteiger partial charge in [-0.3, -0.25) is 4.68 Å². The maximum atomic E-state index is 6.12. The molecule has 4 heteroatoms. The highest BCUT2D eigenvalue weighted by atomic mass is 16.5. The summed E-state index contributed by atoms with van der Waals surface area (Å²) >= 11 is 0. The standard InChI is InChI=1S/C16H25N3O/c17-11-16(10-14-5-6-15(16)20-14)9-12-7-8-19(18-12)13-3-1-2-4-13/h7-8,13-15H,1-6,9-11,17H2. The van der Waals surface area contributed by atoms with Gasteiger partial charge in [-0.15, -0.1) is 0 Å². The first kappa shape index (κ1) is 12.8. The van der Waals surface area contributed by atoms with Gasteiger partial charge in [0, 0.05) is 24.6 Å². The molecule has 110 valence electrons. The van der Waals surface area contributed by atoms with Crippen LogP contribution in [0.15, 0.2) is 12.3 Å². The third kappa shape index (κ3) is 2.01. The first-order valence-electron chi connectivity index (χ1n) is 8.19. The first-order valence-corrected chi connectivity index (χ1v) is 8.19. The molecule has 2 saturated heterocycles. The van der Waals surface area contributed by atoms with Crippen LogP contribution in [0.5, 0.6) is 0 Å². The lowest BCUT2D eigenvalue weighted by molar-refractivity contribution is 0.0632. The normalized spacial score (nSPS) is 37.0. The first-order chi connectivity index (χ1) is 9.79. The number of nitrogens with two attached hydrogens (primary N) is 1. The van der Waals surface area contributed by atoms with Crippen molar-refractivity contribution in [2.45, 2.75) is 69.6 Å². The van der Waals surface area contributed by atoms with Crippen molar-refractivity contribution in [2.24, 2.45) is 11.1 Å². The molecule has 0 amide bonds. The van der Waals surface area contributed by atoms with E-state index in [1.165, 1.54) is 44.2 Å². The molecule has 2 aliphatic heterocycles. The Hall–Kier alpha value is -0.870. The summed E-state index contributed by atoms with van der Waals surface area (Å²) in [5, 5.41) is 4.84. The topological polar surface area (TPSA) is 53.1 Å². The summed E-state index contributed by atoms with van der Waals surface area (Å²) < 4.78 is 8.24. The van der Waals surface area contributed by atoms with Gasteiger partial charge < -0.3 is 10.5 Å². The summed E-state index contributed by atoms with van der Waals surface area (Å²) in [5.41, 5.74) is 7.48. The molecule has 3 atom stereocenters. The highest BCUT2D eigenvalue weighted by Gasteiger charge is 2.51. The molecule has 3 aliphatic rings. The van der Waals surface area contributed by atoms with Gasteiger partial charge in [0.15, 0.2) is 0 Å². The van der Waals surface area contributed by atoms with Crippen molar-refractivity contribution in [3.8, 4) is 0 Å². The van der Waals surface area contributed by atoms with Gasteiger partial charge in [0.1, 0.15) is 0 Å². The summed E-state index contributed by atoms with van der Waals surface area (Å²) in [4.78, 5) is 0. The van der Waals surface area contributed by atoms with E-state index in [-0.39, 0.29) is 5.41 Å². The molecule has 0 spiro atoms. The number of rotatable bonds is 4. The average Bonchev–Trinajstić information content (AvgIpc) is 3.22. The summed E-state index contributed by atoms with van der Waals surface area (Å²) in [6.07, 6.45) is 12.8. The Labute approximate surface area is 120 Å². The fourth-order valence-electron chi connectivity index (χ4n) is 4.57. The summed E-state index contributed by atoms with van der Waals surface area (Å²) in [6, 6.07) is 2.83. The molecule has 20 heavy (non-hydrogen) atoms. The van der Waals surface area contributed by atoms with Crippen molar-refractivity contribution in [2.75, 3.05) is 6.54 Å². The number of nitrogens with zero attached hydrogens (tertiary/aromatic N) is 2. The van der Waals surface area contributed by atoms with Crippen LogP contribution in [0.3, 0.4) is 0 Å². The van der Waals surface area contributed by atoms with Gasteiger partial charge in [0.05, 0.1) is 23.9 Å². The van der Waals surface area contributed by atoms with Gasteiger partial charge in [0.2, 0.25) is 0 Å². The Morgan fingerprint density at radius 1 is 1.30 bits per heavy atom. The lowest BCUT2D eigenvalue weighted by atomic mass is 9.71. The van der Waals surface area contributed by atoms with Crippen molar-refractivity contribution >= 4 is 0 Å². The molecule has 2 N–H and O–H groups in total. The van der Waals surface area contributed by atoms with E-state index in [4.69, 9.17) is 15.6 Å². The van der Waals surface area contributed by atoms with Gasteiger partial charge in [-0.25, -0.2) is 0 Å². The van der Waals surface area contributed by atoms with Crippen LogP contribution in [0.25, 0.3) is 0 Å². The second-order valence-electron chi connectivity index (χ2n) is 7.00. The zero-order valence-electron chi connectivity index (χ0n) is 12.1. The largest absolute Gasteiger partial charge is 0.374 e. The van der Waals surface area contributed by atoms with Crippen molar-refractivity contribution in [3.05, 3.63) is 18.0 Å². The van der Waals surface area contributed by atoms with Crippen LogP contribution in [0.4, 0.5) is 0 Å². The van der Waals surface area contributed by atoms with Crippen LogP contribution in [-0.2, 0) is 11.2 Å². The Morgan fingerprint density at radius 3 is 2.80 bits per heavy atom. The van der Waals surface area contributed by atoms with Crippen molar-refractivity contribution in [1.82, 2.24) is 9.78 Å². The SMILES string of the molecule is NCC1(Cc2ccn(C3CCCC3)n2)CC2CCC1O2. The third-order valence-corrected chi connectivity index (χ3v) is 5.73. The van der Waals surface area contributed by atoms with Gasteiger partial charge >= 0.3 is 0 Å². The molecule has 3 heterocycles. The second kappa shape index (κ2) is 4.85. The molecule has 1 aromatic rings. The number of hydrogen-bond acceptors (Lipinski definition) is 3. The Kier molecular flexibility index (Phi) is 3.11. The van der Waals surface area contributed by atoms with Gasteiger partial charge in [-0.1, -0.05) is 12.8 Å². The lowest BCUT2D eigenvalue weighted by Crippen LogP contribution is -2.41. The Balaban J connectivity index is 1.50. The Bertz CT molecular complexity index is 480. The fraction of sp³-hybridized carbons (Fsp3) is 0.812. The van der Waals surface area contributed by atoms with Gasteiger partial charge in [-0.2, -0.15) is 5.10 Å². The molecule has 1 aromatic heterocycles. The minimum Gasteiger partial charge on any atom is -0.374 e. The molecule has 3 fully saturated rings. The second-order valence-corrected chi connectivity index (χ2v) is 7.00. The van der Waals surface area contributed by atoms with E-state index in [1.54, 1.807) is 0 Å². The van der Waals surface area contributed by atoms with Crippen LogP contribution in [0.2, 0.25) is 0 Å². The highest BCUT2D eigenvalue weighted by Crippen LogP contribution is 2.48. The molecular weight excluding hydrogens is 250 g/mol. The molecule has 1 saturated carbocycles. The summed E-state index contributed by atoms with van der Waals surface area (Å²) in [5.74, 6) is 0.